The minimum absolute atomic E-state index is 0.0455. The quantitative estimate of drug-likeness (QED) is 0.0659. The molecule has 0 aliphatic heterocycles. The number of rotatable bonds is 13. The Morgan fingerprint density at radius 1 is 1.06 bits per heavy atom. The number of carbonyl (C=O) groups excluding carboxylic acids is 1. The van der Waals surface area contributed by atoms with Gasteiger partial charge in [0.05, 0.1) is 29.3 Å². The number of phenols is 2. The number of ether oxygens (including phenoxy) is 2. The molecule has 3 aromatic carbocycles. The lowest BCUT2D eigenvalue weighted by Gasteiger charge is -2.15. The van der Waals surface area contributed by atoms with E-state index < -0.39 is 62.4 Å². The lowest BCUT2D eigenvalue weighted by Crippen LogP contribution is -2.28. The number of phenolic OH excluding ortho intramolecular Hbond substituents is 2. The van der Waals surface area contributed by atoms with E-state index in [0.717, 1.165) is 12.1 Å². The number of benzene rings is 3. The van der Waals surface area contributed by atoms with Crippen LogP contribution in [0.25, 0.3) is 10.1 Å². The highest BCUT2D eigenvalue weighted by molar-refractivity contribution is 7.96. The van der Waals surface area contributed by atoms with Crippen LogP contribution in [-0.4, -0.2) is 55.7 Å². The van der Waals surface area contributed by atoms with Crippen molar-refractivity contribution in [2.45, 2.75) is 10.4 Å². The fourth-order valence-electron chi connectivity index (χ4n) is 3.96. The van der Waals surface area contributed by atoms with E-state index in [1.165, 1.54) is 40.9 Å². The molecule has 14 nitrogen and oxygen atoms in total. The normalized spacial score (nSPS) is 13.0. The minimum atomic E-state index is -5.34. The second-order valence-corrected chi connectivity index (χ2v) is 14.1. The van der Waals surface area contributed by atoms with Crippen LogP contribution < -0.4 is 29.5 Å². The molecule has 20 heteroatoms. The highest BCUT2D eigenvalue weighted by Gasteiger charge is 2.36. The molecule has 250 valence electrons. The molecule has 1 unspecified atom stereocenters. The fourth-order valence-corrected chi connectivity index (χ4v) is 8.21. The number of nitriles is 1. The molecular weight excluding hydrogens is 692 g/mol. The van der Waals surface area contributed by atoms with E-state index in [9.17, 15) is 46.1 Å². The molecular formula is C27H24F3N4O10PS2. The van der Waals surface area contributed by atoms with Crippen LogP contribution in [0.5, 0.6) is 28.7 Å². The second-order valence-electron chi connectivity index (χ2n) is 9.34. The third-order valence-electron chi connectivity index (χ3n) is 5.99. The molecule has 0 fully saturated rings. The Morgan fingerprint density at radius 3 is 2.45 bits per heavy atom. The first-order valence-electron chi connectivity index (χ1n) is 13.0. The molecule has 1 heterocycles. The average molecular weight is 717 g/mol. The summed E-state index contributed by atoms with van der Waals surface area (Å²) in [6.07, 6.45) is -5.00. The topological polar surface area (TPSA) is 231 Å². The summed E-state index contributed by atoms with van der Waals surface area (Å²) in [5.74, 6) is -2.32. The van der Waals surface area contributed by atoms with Gasteiger partial charge in [-0.25, -0.2) is 13.0 Å². The van der Waals surface area contributed by atoms with Gasteiger partial charge in [-0.3, -0.25) is 4.79 Å². The third-order valence-corrected chi connectivity index (χ3v) is 10.8. The highest BCUT2D eigenvalue weighted by Crippen LogP contribution is 2.44. The largest absolute Gasteiger partial charge is 0.504 e. The Morgan fingerprint density at radius 2 is 1.77 bits per heavy atom. The summed E-state index contributed by atoms with van der Waals surface area (Å²) >= 11 is 0.660. The smallest absolute Gasteiger partial charge is 0.469 e. The van der Waals surface area contributed by atoms with Crippen molar-refractivity contribution in [1.82, 2.24) is 9.81 Å². The standard InChI is InChI=1S/C27H24F3N4O10PS2/c28-27(29,30)19-12-17(5-4-15(19)14-32)44-45(38,39)34-47(40,41)24-11-16-10-21(22(42-8-6-31)13-23(16)46-24)43-9-7-33-26(37)18-2-1-3-20(35)25(18)36/h1-5,10-13,35-36H,6-9,31H2,(H,33,37)(H2,34,38,39). The summed E-state index contributed by atoms with van der Waals surface area (Å²) in [7, 11) is -10.1. The lowest BCUT2D eigenvalue weighted by atomic mass is 10.1. The van der Waals surface area contributed by atoms with Crippen LogP contribution in [0.1, 0.15) is 21.5 Å². The number of carbonyl (C=O) groups is 1. The van der Waals surface area contributed by atoms with Gasteiger partial charge >= 0.3 is 13.9 Å². The number of nitrogens with two attached hydrogens (primary N) is 1. The van der Waals surface area contributed by atoms with Crippen molar-refractivity contribution in [3.8, 4) is 34.8 Å². The zero-order chi connectivity index (χ0) is 34.6. The molecule has 4 aromatic rings. The van der Waals surface area contributed by atoms with Crippen LogP contribution >= 0.6 is 19.1 Å². The molecule has 7 N–H and O–H groups in total. The van der Waals surface area contributed by atoms with Gasteiger partial charge in [-0.15, -0.1) is 15.8 Å². The number of amides is 1. The number of nitrogens with one attached hydrogen (secondary N) is 2. The summed E-state index contributed by atoms with van der Waals surface area (Å²) in [6, 6.07) is 11.0. The second kappa shape index (κ2) is 14.0. The Hall–Kier alpha value is -4.57. The van der Waals surface area contributed by atoms with E-state index in [4.69, 9.17) is 20.5 Å². The third kappa shape index (κ3) is 8.62. The average Bonchev–Trinajstić information content (AvgIpc) is 3.42. The van der Waals surface area contributed by atoms with Gasteiger partial charge in [0.25, 0.3) is 15.9 Å². The van der Waals surface area contributed by atoms with Gasteiger partial charge in [-0.1, -0.05) is 6.07 Å². The van der Waals surface area contributed by atoms with Gasteiger partial charge in [0.1, 0.15) is 23.2 Å². The number of fused-ring (bicyclic) bond motifs is 1. The maximum Gasteiger partial charge on any atom is 0.469 e. The predicted octanol–water partition coefficient (Wildman–Crippen LogP) is 3.81. The first kappa shape index (κ1) is 35.3. The number of nitrogens with zero attached hydrogens (tertiary/aromatic N) is 1. The molecule has 0 spiro atoms. The van der Waals surface area contributed by atoms with Crippen LogP contribution in [0.4, 0.5) is 13.2 Å². The summed E-state index contributed by atoms with van der Waals surface area (Å²) in [5.41, 5.74) is 3.13. The number of aromatic hydroxyl groups is 2. The monoisotopic (exact) mass is 716 g/mol. The van der Waals surface area contributed by atoms with E-state index >= 15 is 0 Å². The van der Waals surface area contributed by atoms with Crippen molar-refractivity contribution in [2.24, 2.45) is 5.73 Å². The number of thiophene rings is 1. The molecule has 0 aliphatic rings. The molecule has 47 heavy (non-hydrogen) atoms. The van der Waals surface area contributed by atoms with E-state index in [-0.39, 0.29) is 48.8 Å². The predicted molar refractivity (Wildman–Crippen MR) is 161 cm³/mol. The van der Waals surface area contributed by atoms with Crippen molar-refractivity contribution >= 4 is 45.1 Å². The van der Waals surface area contributed by atoms with Gasteiger partial charge in [0.2, 0.25) is 0 Å². The van der Waals surface area contributed by atoms with Crippen molar-refractivity contribution in [1.29, 1.82) is 5.26 Å². The number of halogens is 3. The molecule has 1 atom stereocenters. The van der Waals surface area contributed by atoms with Crippen LogP contribution in [0.2, 0.25) is 0 Å². The van der Waals surface area contributed by atoms with Crippen molar-refractivity contribution < 1.29 is 60.1 Å². The molecule has 1 amide bonds. The van der Waals surface area contributed by atoms with Crippen LogP contribution in [0.15, 0.2) is 58.8 Å². The molecule has 0 saturated carbocycles. The number of alkyl halides is 3. The van der Waals surface area contributed by atoms with Crippen molar-refractivity contribution in [3.63, 3.8) is 0 Å². The highest BCUT2D eigenvalue weighted by atomic mass is 32.3. The van der Waals surface area contributed by atoms with Gasteiger partial charge in [-0.05, 0) is 47.9 Å². The number of para-hydroxylation sites is 1. The Balaban J connectivity index is 1.51. The van der Waals surface area contributed by atoms with Crippen LogP contribution in [-0.2, 0) is 20.8 Å². The molecule has 4 rings (SSSR count). The molecule has 1 aromatic heterocycles. The Bertz CT molecular complexity index is 2020. The SMILES string of the molecule is N#Cc1ccc(OP(=O)(O)NS(=O)(=O)c2cc3cc(OCCNC(=O)c4cccc(O)c4O)c(OCCN)cc3s2)cc1C(F)(F)F. The van der Waals surface area contributed by atoms with Gasteiger partial charge < -0.3 is 40.2 Å². The summed E-state index contributed by atoms with van der Waals surface area (Å²) in [4.78, 5) is 22.5. The number of sulfonamides is 1. The zero-order valence-corrected chi connectivity index (χ0v) is 26.2. The maximum absolute atomic E-state index is 13.3. The maximum atomic E-state index is 13.3. The molecule has 0 radical (unpaired) electrons. The van der Waals surface area contributed by atoms with E-state index in [1.54, 1.807) is 0 Å². The van der Waals surface area contributed by atoms with Gasteiger partial charge in [0, 0.05) is 17.3 Å². The van der Waals surface area contributed by atoms with E-state index in [2.05, 4.69) is 9.84 Å². The fraction of sp³-hybridized carbons (Fsp3) is 0.185. The van der Waals surface area contributed by atoms with E-state index in [1.807, 2.05) is 0 Å². The first-order valence-corrected chi connectivity index (χ1v) is 16.9. The summed E-state index contributed by atoms with van der Waals surface area (Å²) in [5, 5.41) is 31.1. The summed E-state index contributed by atoms with van der Waals surface area (Å²) in [6.45, 7) is -0.0254. The summed E-state index contributed by atoms with van der Waals surface area (Å²) < 4.78 is 95.8. The van der Waals surface area contributed by atoms with Crippen molar-refractivity contribution in [3.05, 3.63) is 71.3 Å². The number of hydrogen-bond donors (Lipinski definition) is 6. The Kier molecular flexibility index (Phi) is 10.5. The van der Waals surface area contributed by atoms with Crippen LogP contribution in [0, 0.1) is 11.3 Å². The number of hydrogen-bond acceptors (Lipinski definition) is 12. The first-order chi connectivity index (χ1) is 22.0. The van der Waals surface area contributed by atoms with Gasteiger partial charge in [-0.2, -0.15) is 18.4 Å². The van der Waals surface area contributed by atoms with Gasteiger partial charge in [0.15, 0.2) is 23.0 Å². The molecule has 0 saturated heterocycles. The zero-order valence-electron chi connectivity index (χ0n) is 23.6. The van der Waals surface area contributed by atoms with Crippen LogP contribution in [0.3, 0.4) is 0 Å². The van der Waals surface area contributed by atoms with Crippen molar-refractivity contribution in [2.75, 3.05) is 26.3 Å². The lowest BCUT2D eigenvalue weighted by molar-refractivity contribution is -0.137. The molecule has 0 aliphatic carbocycles. The molecule has 0 bridgehead atoms. The minimum Gasteiger partial charge on any atom is -0.504 e. The van der Waals surface area contributed by atoms with E-state index in [0.29, 0.717) is 28.2 Å². The Labute approximate surface area is 268 Å².